The third-order valence-corrected chi connectivity index (χ3v) is 3.65. The van der Waals surface area contributed by atoms with Gasteiger partial charge in [-0.25, -0.2) is 0 Å². The van der Waals surface area contributed by atoms with Crippen molar-refractivity contribution in [2.75, 3.05) is 11.9 Å². The number of halogens is 1. The van der Waals surface area contributed by atoms with E-state index in [9.17, 15) is 14.9 Å². The van der Waals surface area contributed by atoms with Crippen LogP contribution in [-0.2, 0) is 4.79 Å². The molecule has 0 radical (unpaired) electrons. The minimum Gasteiger partial charge on any atom is -0.325 e. The van der Waals surface area contributed by atoms with E-state index in [2.05, 4.69) is 10.6 Å². The summed E-state index contributed by atoms with van der Waals surface area (Å²) in [7, 11) is 0. The van der Waals surface area contributed by atoms with Crippen LogP contribution in [0, 0.1) is 10.1 Å². The molecule has 2 rings (SSSR count). The van der Waals surface area contributed by atoms with Gasteiger partial charge < -0.3 is 10.6 Å². The van der Waals surface area contributed by atoms with E-state index in [0.717, 1.165) is 12.8 Å². The normalized spacial score (nSPS) is 15.2. The molecule has 0 saturated heterocycles. The molecule has 1 aliphatic rings. The van der Waals surface area contributed by atoms with Crippen LogP contribution in [-0.4, -0.2) is 23.4 Å². The third kappa shape index (κ3) is 3.91. The van der Waals surface area contributed by atoms with Gasteiger partial charge in [-0.05, 0) is 25.0 Å². The highest BCUT2D eigenvalue weighted by Gasteiger charge is 2.16. The van der Waals surface area contributed by atoms with Crippen LogP contribution in [0.25, 0.3) is 0 Å². The van der Waals surface area contributed by atoms with Gasteiger partial charge in [0.1, 0.15) is 5.02 Å². The molecule has 108 valence electrons. The maximum atomic E-state index is 11.8. The highest BCUT2D eigenvalue weighted by Crippen LogP contribution is 2.27. The number of nitrogens with zero attached hydrogens (tertiary/aromatic N) is 1. The zero-order valence-electron chi connectivity index (χ0n) is 10.9. The highest BCUT2D eigenvalue weighted by molar-refractivity contribution is 6.32. The molecule has 0 aromatic heterocycles. The Morgan fingerprint density at radius 1 is 1.40 bits per heavy atom. The van der Waals surface area contributed by atoms with Crippen LogP contribution in [0.3, 0.4) is 0 Å². The van der Waals surface area contributed by atoms with E-state index in [1.54, 1.807) is 6.07 Å². The molecular formula is C13H16ClN3O3. The van der Waals surface area contributed by atoms with E-state index < -0.39 is 4.92 Å². The van der Waals surface area contributed by atoms with Crippen molar-refractivity contribution in [1.82, 2.24) is 5.32 Å². The van der Waals surface area contributed by atoms with Crippen molar-refractivity contribution in [3.63, 3.8) is 0 Å². The summed E-state index contributed by atoms with van der Waals surface area (Å²) >= 11 is 5.71. The largest absolute Gasteiger partial charge is 0.325 e. The van der Waals surface area contributed by atoms with E-state index in [4.69, 9.17) is 11.6 Å². The van der Waals surface area contributed by atoms with Gasteiger partial charge in [-0.3, -0.25) is 14.9 Å². The molecule has 7 heteroatoms. The fourth-order valence-corrected chi connectivity index (χ4v) is 2.49. The third-order valence-electron chi connectivity index (χ3n) is 3.33. The second kappa shape index (κ2) is 6.67. The predicted molar refractivity (Wildman–Crippen MR) is 77.0 cm³/mol. The Kier molecular flexibility index (Phi) is 4.92. The molecule has 20 heavy (non-hydrogen) atoms. The number of anilines is 1. The number of carbonyl (C=O) groups excluding carboxylic acids is 1. The van der Waals surface area contributed by atoms with Gasteiger partial charge in [-0.15, -0.1) is 0 Å². The smallest absolute Gasteiger partial charge is 0.289 e. The molecule has 0 heterocycles. The standard InChI is InChI=1S/C13H16ClN3O3/c14-11-6-5-10(7-12(11)17(19)20)16-13(18)8-15-9-3-1-2-4-9/h5-7,9,15H,1-4,8H2,(H,16,18). The molecule has 1 aliphatic carbocycles. The Balaban J connectivity index is 1.90. The van der Waals surface area contributed by atoms with Crippen LogP contribution in [0.4, 0.5) is 11.4 Å². The summed E-state index contributed by atoms with van der Waals surface area (Å²) in [5.41, 5.74) is 0.160. The van der Waals surface area contributed by atoms with Crippen molar-refractivity contribution in [1.29, 1.82) is 0 Å². The van der Waals surface area contributed by atoms with Crippen LogP contribution < -0.4 is 10.6 Å². The summed E-state index contributed by atoms with van der Waals surface area (Å²) in [5, 5.41) is 16.6. The quantitative estimate of drug-likeness (QED) is 0.646. The second-order valence-corrected chi connectivity index (χ2v) is 5.24. The van der Waals surface area contributed by atoms with Gasteiger partial charge in [0.25, 0.3) is 5.69 Å². The molecule has 0 aliphatic heterocycles. The topological polar surface area (TPSA) is 84.3 Å². The van der Waals surface area contributed by atoms with E-state index in [-0.39, 0.29) is 23.2 Å². The zero-order valence-corrected chi connectivity index (χ0v) is 11.7. The number of hydrogen-bond acceptors (Lipinski definition) is 4. The molecule has 6 nitrogen and oxygen atoms in total. The molecular weight excluding hydrogens is 282 g/mol. The molecule has 1 amide bonds. The van der Waals surface area contributed by atoms with E-state index in [1.807, 2.05) is 0 Å². The van der Waals surface area contributed by atoms with Crippen LogP contribution in [0.1, 0.15) is 25.7 Å². The fourth-order valence-electron chi connectivity index (χ4n) is 2.30. The molecule has 0 spiro atoms. The van der Waals surface area contributed by atoms with Crippen molar-refractivity contribution in [3.05, 3.63) is 33.3 Å². The van der Waals surface area contributed by atoms with Crippen LogP contribution in [0.5, 0.6) is 0 Å². The van der Waals surface area contributed by atoms with E-state index >= 15 is 0 Å². The first-order valence-corrected chi connectivity index (χ1v) is 6.91. The minimum atomic E-state index is -0.575. The summed E-state index contributed by atoms with van der Waals surface area (Å²) in [5.74, 6) is -0.214. The van der Waals surface area contributed by atoms with Crippen molar-refractivity contribution >= 4 is 28.9 Å². The molecule has 1 saturated carbocycles. The van der Waals surface area contributed by atoms with Gasteiger partial charge in [-0.1, -0.05) is 24.4 Å². The molecule has 2 N–H and O–H groups in total. The lowest BCUT2D eigenvalue weighted by atomic mass is 10.2. The minimum absolute atomic E-state index is 0.0529. The van der Waals surface area contributed by atoms with Crippen LogP contribution in [0.2, 0.25) is 5.02 Å². The van der Waals surface area contributed by atoms with Crippen molar-refractivity contribution < 1.29 is 9.72 Å². The van der Waals surface area contributed by atoms with Crippen molar-refractivity contribution in [2.45, 2.75) is 31.7 Å². The maximum Gasteiger partial charge on any atom is 0.289 e. The zero-order chi connectivity index (χ0) is 14.5. The number of amides is 1. The SMILES string of the molecule is O=C(CNC1CCCC1)Nc1ccc(Cl)c([N+](=O)[O-])c1. The lowest BCUT2D eigenvalue weighted by molar-refractivity contribution is -0.384. The first-order chi connectivity index (χ1) is 9.56. The maximum absolute atomic E-state index is 11.8. The van der Waals surface area contributed by atoms with Gasteiger partial charge in [0.2, 0.25) is 5.91 Å². The molecule has 0 atom stereocenters. The second-order valence-electron chi connectivity index (χ2n) is 4.83. The number of nitro groups is 1. The first-order valence-electron chi connectivity index (χ1n) is 6.53. The van der Waals surface area contributed by atoms with E-state index in [1.165, 1.54) is 25.0 Å². The summed E-state index contributed by atoms with van der Waals surface area (Å²) in [6, 6.07) is 4.61. The molecule has 1 aromatic rings. The van der Waals surface area contributed by atoms with Gasteiger partial charge >= 0.3 is 0 Å². The average molecular weight is 298 g/mol. The Morgan fingerprint density at radius 3 is 2.75 bits per heavy atom. The molecule has 0 unspecified atom stereocenters. The molecule has 1 aromatic carbocycles. The summed E-state index contributed by atoms with van der Waals surface area (Å²) < 4.78 is 0. The van der Waals surface area contributed by atoms with Crippen molar-refractivity contribution in [3.8, 4) is 0 Å². The Bertz CT molecular complexity index is 516. The van der Waals surface area contributed by atoms with E-state index in [0.29, 0.717) is 11.7 Å². The number of carbonyl (C=O) groups is 1. The number of benzene rings is 1. The van der Waals surface area contributed by atoms with Crippen LogP contribution >= 0.6 is 11.6 Å². The summed E-state index contributed by atoms with van der Waals surface area (Å²) in [4.78, 5) is 21.9. The average Bonchev–Trinajstić information content (AvgIpc) is 2.91. The predicted octanol–water partition coefficient (Wildman–Crippen LogP) is 2.72. The summed E-state index contributed by atoms with van der Waals surface area (Å²) in [6.07, 6.45) is 4.59. The Labute approximate surface area is 121 Å². The Morgan fingerprint density at radius 2 is 2.10 bits per heavy atom. The molecule has 1 fully saturated rings. The monoisotopic (exact) mass is 297 g/mol. The first kappa shape index (κ1) is 14.7. The number of rotatable bonds is 5. The van der Waals surface area contributed by atoms with Gasteiger partial charge in [0.05, 0.1) is 11.5 Å². The van der Waals surface area contributed by atoms with Crippen LogP contribution in [0.15, 0.2) is 18.2 Å². The number of nitrogens with one attached hydrogen (secondary N) is 2. The number of nitro benzene ring substituents is 1. The highest BCUT2D eigenvalue weighted by atomic mass is 35.5. The lowest BCUT2D eigenvalue weighted by Crippen LogP contribution is -2.34. The summed E-state index contributed by atoms with van der Waals surface area (Å²) in [6.45, 7) is 0.209. The number of hydrogen-bond donors (Lipinski definition) is 2. The lowest BCUT2D eigenvalue weighted by Gasteiger charge is -2.11. The fraction of sp³-hybridized carbons (Fsp3) is 0.462. The Hall–Kier alpha value is -1.66. The molecule has 0 bridgehead atoms. The van der Waals surface area contributed by atoms with Gasteiger partial charge in [0.15, 0.2) is 0 Å². The van der Waals surface area contributed by atoms with Gasteiger partial charge in [-0.2, -0.15) is 0 Å². The van der Waals surface area contributed by atoms with Gasteiger partial charge in [0, 0.05) is 17.8 Å². The van der Waals surface area contributed by atoms with Crippen molar-refractivity contribution in [2.24, 2.45) is 0 Å².